The fraction of sp³-hybridized carbons (Fsp3) is 0.367. The molecule has 2 amide bonds. The van der Waals surface area contributed by atoms with Gasteiger partial charge in [0.15, 0.2) is 0 Å². The van der Waals surface area contributed by atoms with Crippen LogP contribution in [0.1, 0.15) is 48.9 Å². The Morgan fingerprint density at radius 3 is 1.73 bits per heavy atom. The van der Waals surface area contributed by atoms with Crippen LogP contribution in [0.4, 0.5) is 27.8 Å². The number of rotatable bonds is 10. The van der Waals surface area contributed by atoms with E-state index in [0.717, 1.165) is 78.2 Å². The van der Waals surface area contributed by atoms with Gasteiger partial charge in [0.1, 0.15) is 29.2 Å². The van der Waals surface area contributed by atoms with Crippen molar-refractivity contribution in [2.75, 3.05) is 77.3 Å². The molecule has 4 aromatic heterocycles. The Kier molecular flexibility index (Phi) is 15.8. The van der Waals surface area contributed by atoms with Crippen molar-refractivity contribution in [1.29, 1.82) is 10.5 Å². The number of aromatic nitrogens is 6. The Bertz CT molecular complexity index is 2720. The molecule has 332 valence electrons. The summed E-state index contributed by atoms with van der Waals surface area (Å²) in [6.07, 6.45) is 15.5. The lowest BCUT2D eigenvalue weighted by atomic mass is 9.96. The highest BCUT2D eigenvalue weighted by molar-refractivity contribution is 5.82. The van der Waals surface area contributed by atoms with Gasteiger partial charge in [-0.15, -0.1) is 0 Å². The van der Waals surface area contributed by atoms with Gasteiger partial charge in [0.25, 0.3) is 0 Å². The molecule has 64 heavy (non-hydrogen) atoms. The molecule has 2 aliphatic heterocycles. The van der Waals surface area contributed by atoms with Gasteiger partial charge in [0.05, 0.1) is 54.8 Å². The highest BCUT2D eigenvalue weighted by Gasteiger charge is 2.22. The standard InChI is InChI=1S/C25H29N7O.C21H25N5.C3H6N2/c1-5-18-14-20(19-8-11-32(12-9-19)25(33)29(2)13-10-26)6-7-22(18)31(4)24-15-23-21(16-27-24)28-17-30(23)3;1-4-15-11-17(16-7-9-22-10-8-16)5-6-19(15)26(3)21-12-20-18(13-23-21)24-14-25(20)2;1-5-3-2-4/h6-8,14-17H,5,9,11-13H2,1-4H3;5-7,11-14,22H,4,8-10H2,1-3H3;5H,3H2,1H3. The molecule has 2 N–H and O–H groups in total. The van der Waals surface area contributed by atoms with Crippen molar-refractivity contribution in [1.82, 2.24) is 49.5 Å². The first kappa shape index (κ1) is 46.4. The second-order valence-electron chi connectivity index (χ2n) is 15.9. The topological polar surface area (TPSA) is 163 Å². The normalized spacial score (nSPS) is 13.4. The Labute approximate surface area is 377 Å². The van der Waals surface area contributed by atoms with Crippen molar-refractivity contribution < 1.29 is 4.79 Å². The SMILES string of the molecule is CCc1cc(C2=CCN(C(=O)N(C)CC#N)CC2)ccc1N(C)c1cc2c(cn1)ncn2C.CCc1cc(C2=CCNCC2)ccc1N(C)c1cc2c(cn1)ncn2C.CNCC#N. The van der Waals surface area contributed by atoms with Crippen molar-refractivity contribution >= 4 is 62.3 Å². The third-order valence-corrected chi connectivity index (χ3v) is 11.7. The van der Waals surface area contributed by atoms with Crippen molar-refractivity contribution in [2.45, 2.75) is 39.5 Å². The minimum absolute atomic E-state index is 0.100. The van der Waals surface area contributed by atoms with Gasteiger partial charge < -0.3 is 39.4 Å². The molecule has 8 rings (SSSR count). The molecular weight excluding hydrogens is 801 g/mol. The summed E-state index contributed by atoms with van der Waals surface area (Å²) in [5, 5.41) is 22.6. The number of urea groups is 1. The van der Waals surface area contributed by atoms with Crippen LogP contribution in [-0.2, 0) is 26.9 Å². The molecule has 6 heterocycles. The van der Waals surface area contributed by atoms with Gasteiger partial charge in [-0.3, -0.25) is 0 Å². The number of anilines is 4. The van der Waals surface area contributed by atoms with Gasteiger partial charge >= 0.3 is 6.03 Å². The van der Waals surface area contributed by atoms with E-state index in [-0.39, 0.29) is 12.6 Å². The van der Waals surface area contributed by atoms with Crippen LogP contribution in [0.3, 0.4) is 0 Å². The monoisotopic (exact) mass is 861 g/mol. The van der Waals surface area contributed by atoms with Crippen LogP contribution < -0.4 is 20.4 Å². The fourth-order valence-corrected chi connectivity index (χ4v) is 7.93. The van der Waals surface area contributed by atoms with Crippen LogP contribution >= 0.6 is 0 Å². The van der Waals surface area contributed by atoms with Gasteiger partial charge in [0.2, 0.25) is 0 Å². The molecule has 0 radical (unpaired) electrons. The highest BCUT2D eigenvalue weighted by atomic mass is 16.2. The molecule has 2 aliphatic rings. The number of nitriles is 2. The predicted octanol–water partition coefficient (Wildman–Crippen LogP) is 7.37. The quantitative estimate of drug-likeness (QED) is 0.132. The Hall–Kier alpha value is -7.07. The first-order valence-electron chi connectivity index (χ1n) is 21.8. The van der Waals surface area contributed by atoms with E-state index in [1.54, 1.807) is 25.3 Å². The molecule has 0 spiro atoms. The van der Waals surface area contributed by atoms with E-state index in [2.05, 4.69) is 122 Å². The number of nitrogens with zero attached hydrogens (tertiary/aromatic N) is 12. The maximum atomic E-state index is 12.4. The van der Waals surface area contributed by atoms with Crippen molar-refractivity contribution in [3.05, 3.63) is 108 Å². The zero-order valence-electron chi connectivity index (χ0n) is 38.4. The number of carbonyl (C=O) groups is 1. The molecule has 0 bridgehead atoms. The largest absolute Gasteiger partial charge is 0.334 e. The minimum Gasteiger partial charge on any atom is -0.334 e. The van der Waals surface area contributed by atoms with Gasteiger partial charge in [-0.1, -0.05) is 38.1 Å². The predicted molar refractivity (Wildman–Crippen MR) is 258 cm³/mol. The lowest BCUT2D eigenvalue weighted by molar-refractivity contribution is 0.172. The maximum Gasteiger partial charge on any atom is 0.320 e. The second kappa shape index (κ2) is 21.8. The van der Waals surface area contributed by atoms with Crippen LogP contribution in [0.2, 0.25) is 0 Å². The molecule has 2 aromatic carbocycles. The van der Waals surface area contributed by atoms with Gasteiger partial charge in [-0.05, 0) is 96.9 Å². The molecule has 0 fully saturated rings. The van der Waals surface area contributed by atoms with E-state index in [0.29, 0.717) is 19.6 Å². The van der Waals surface area contributed by atoms with E-state index < -0.39 is 0 Å². The summed E-state index contributed by atoms with van der Waals surface area (Å²) >= 11 is 0. The summed E-state index contributed by atoms with van der Waals surface area (Å²) in [6.45, 7) is 8.15. The highest BCUT2D eigenvalue weighted by Crippen LogP contribution is 2.33. The third kappa shape index (κ3) is 10.7. The number of carbonyl (C=O) groups excluding carboxylic acids is 1. The number of pyridine rings is 2. The number of hydrogen-bond acceptors (Lipinski definition) is 11. The van der Waals surface area contributed by atoms with E-state index in [9.17, 15) is 4.79 Å². The average molecular weight is 861 g/mol. The summed E-state index contributed by atoms with van der Waals surface area (Å²) < 4.78 is 4.03. The number of hydrogen-bond donors (Lipinski definition) is 2. The van der Waals surface area contributed by atoms with E-state index in [1.165, 1.54) is 44.0 Å². The Morgan fingerprint density at radius 2 is 1.31 bits per heavy atom. The molecule has 15 nitrogen and oxygen atoms in total. The maximum absolute atomic E-state index is 12.4. The molecule has 0 atom stereocenters. The smallest absolute Gasteiger partial charge is 0.320 e. The van der Waals surface area contributed by atoms with Crippen molar-refractivity contribution in [2.24, 2.45) is 14.1 Å². The van der Waals surface area contributed by atoms with Gasteiger partial charge in [-0.2, -0.15) is 10.5 Å². The van der Waals surface area contributed by atoms with E-state index in [4.69, 9.17) is 10.5 Å². The number of fused-ring (bicyclic) bond motifs is 2. The molecule has 0 saturated carbocycles. The second-order valence-corrected chi connectivity index (χ2v) is 15.9. The summed E-state index contributed by atoms with van der Waals surface area (Å²) in [7, 11) is 11.5. The molecule has 0 saturated heterocycles. The zero-order valence-corrected chi connectivity index (χ0v) is 38.4. The third-order valence-electron chi connectivity index (χ3n) is 11.7. The first-order valence-corrected chi connectivity index (χ1v) is 21.8. The molecule has 6 aromatic rings. The first-order chi connectivity index (χ1) is 31.0. The van der Waals surface area contributed by atoms with Crippen LogP contribution in [0.15, 0.2) is 85.7 Å². The molecule has 15 heteroatoms. The number of imidazole rings is 2. The lowest BCUT2D eigenvalue weighted by Crippen LogP contribution is -2.43. The lowest BCUT2D eigenvalue weighted by Gasteiger charge is -2.30. The molecule has 0 unspecified atom stereocenters. The average Bonchev–Trinajstić information content (AvgIpc) is 3.91. The van der Waals surface area contributed by atoms with E-state index in [1.807, 2.05) is 61.1 Å². The number of amides is 2. The van der Waals surface area contributed by atoms with Gasteiger partial charge in [-0.25, -0.2) is 24.7 Å². The minimum atomic E-state index is -0.101. The van der Waals surface area contributed by atoms with E-state index >= 15 is 0 Å². The molecule has 0 aliphatic carbocycles. The van der Waals surface area contributed by atoms with Crippen molar-refractivity contribution in [3.63, 3.8) is 0 Å². The number of aryl methyl sites for hydroxylation is 4. The van der Waals surface area contributed by atoms with Gasteiger partial charge in [0, 0.05) is 78.4 Å². The number of benzene rings is 2. The fourth-order valence-electron chi connectivity index (χ4n) is 7.93. The Morgan fingerprint density at radius 1 is 0.766 bits per heavy atom. The van der Waals surface area contributed by atoms with Crippen LogP contribution in [0.5, 0.6) is 0 Å². The van der Waals surface area contributed by atoms with Crippen LogP contribution in [-0.4, -0.2) is 112 Å². The number of nitrogens with one attached hydrogen (secondary N) is 2. The summed E-state index contributed by atoms with van der Waals surface area (Å²) in [6, 6.07) is 21.4. The summed E-state index contributed by atoms with van der Waals surface area (Å²) in [4.78, 5) is 37.9. The van der Waals surface area contributed by atoms with Crippen LogP contribution in [0.25, 0.3) is 33.2 Å². The Balaban J connectivity index is 0.000000196. The summed E-state index contributed by atoms with van der Waals surface area (Å²) in [5.74, 6) is 1.81. The zero-order chi connectivity index (χ0) is 45.8. The molecular formula is C49H60N14O. The summed E-state index contributed by atoms with van der Waals surface area (Å²) in [5.41, 5.74) is 14.1. The van der Waals surface area contributed by atoms with Crippen molar-refractivity contribution in [3.8, 4) is 12.1 Å². The van der Waals surface area contributed by atoms with Crippen LogP contribution in [0, 0.1) is 22.7 Å².